The van der Waals surface area contributed by atoms with Crippen molar-refractivity contribution in [2.75, 3.05) is 0 Å². The molecule has 1 rings (SSSR count). The molecule has 0 aliphatic carbocycles. The van der Waals surface area contributed by atoms with Gasteiger partial charge in [-0.3, -0.25) is 0 Å². The SMILES string of the molecule is O=[N+]([O-])c1cccc(O)c1[As](=O)(O)O. The number of benzene rings is 1. The molecule has 8 heteroatoms. The molecule has 0 unspecified atom stereocenters. The molecule has 1 aromatic rings. The van der Waals surface area contributed by atoms with E-state index >= 15 is 0 Å². The Morgan fingerprint density at radius 1 is 1.36 bits per heavy atom. The van der Waals surface area contributed by atoms with Crippen LogP contribution in [0.15, 0.2) is 18.2 Å². The molecule has 0 spiro atoms. The summed E-state index contributed by atoms with van der Waals surface area (Å²) in [6.45, 7) is 0. The third-order valence-corrected chi connectivity index (χ3v) is 3.67. The molecule has 0 aliphatic heterocycles. The van der Waals surface area contributed by atoms with E-state index in [2.05, 4.69) is 0 Å². The molecule has 0 fully saturated rings. The molecule has 0 aliphatic rings. The number of rotatable bonds is 2. The summed E-state index contributed by atoms with van der Waals surface area (Å²) in [5.41, 5.74) is -0.766. The van der Waals surface area contributed by atoms with Crippen molar-refractivity contribution in [1.82, 2.24) is 0 Å². The summed E-state index contributed by atoms with van der Waals surface area (Å²) in [5.74, 6) is -0.758. The van der Waals surface area contributed by atoms with E-state index in [-0.39, 0.29) is 0 Å². The number of phenolic OH excluding ortho intramolecular Hbond substituents is 1. The van der Waals surface area contributed by atoms with Gasteiger partial charge in [-0.25, -0.2) is 0 Å². The number of hydrogen-bond donors (Lipinski definition) is 3. The normalized spacial score (nSPS) is 11.3. The molecular formula is C6H6AsNO6. The Hall–Kier alpha value is -1.30. The van der Waals surface area contributed by atoms with Gasteiger partial charge >= 0.3 is 80.2 Å². The summed E-state index contributed by atoms with van der Waals surface area (Å²) in [7, 11) is 0. The van der Waals surface area contributed by atoms with E-state index in [9.17, 15) is 13.9 Å². The summed E-state index contributed by atoms with van der Waals surface area (Å²) in [6, 6.07) is 3.06. The molecule has 3 N–H and O–H groups in total. The van der Waals surface area contributed by atoms with Gasteiger partial charge in [0.1, 0.15) is 0 Å². The van der Waals surface area contributed by atoms with Gasteiger partial charge < -0.3 is 0 Å². The predicted molar refractivity (Wildman–Crippen MR) is 45.3 cm³/mol. The van der Waals surface area contributed by atoms with Crippen LogP contribution < -0.4 is 4.35 Å². The minimum absolute atomic E-state index is 0.758. The molecule has 0 aromatic heterocycles. The molecule has 0 saturated heterocycles. The molecule has 0 amide bonds. The fourth-order valence-electron chi connectivity index (χ4n) is 0.965. The van der Waals surface area contributed by atoms with Gasteiger partial charge in [-0.05, 0) is 0 Å². The van der Waals surface area contributed by atoms with Crippen LogP contribution in [0, 0.1) is 10.1 Å². The third kappa shape index (κ3) is 1.95. The van der Waals surface area contributed by atoms with Crippen LogP contribution in [-0.4, -0.2) is 32.4 Å². The van der Waals surface area contributed by atoms with E-state index in [4.69, 9.17) is 13.3 Å². The van der Waals surface area contributed by atoms with E-state index in [0.29, 0.717) is 0 Å². The van der Waals surface area contributed by atoms with Crippen molar-refractivity contribution >= 4 is 24.2 Å². The number of nitro benzene ring substituents is 1. The molecule has 0 atom stereocenters. The Morgan fingerprint density at radius 3 is 2.29 bits per heavy atom. The van der Waals surface area contributed by atoms with Crippen LogP contribution >= 0.6 is 0 Å². The van der Waals surface area contributed by atoms with E-state index in [1.54, 1.807) is 0 Å². The molecule has 14 heavy (non-hydrogen) atoms. The average molecular weight is 263 g/mol. The Morgan fingerprint density at radius 2 is 1.93 bits per heavy atom. The fourth-order valence-corrected chi connectivity index (χ4v) is 2.70. The van der Waals surface area contributed by atoms with E-state index in [1.165, 1.54) is 0 Å². The summed E-state index contributed by atoms with van der Waals surface area (Å²) >= 11 is -5.47. The van der Waals surface area contributed by atoms with Crippen molar-refractivity contribution in [2.24, 2.45) is 0 Å². The third-order valence-electron chi connectivity index (χ3n) is 1.48. The molecule has 0 radical (unpaired) electrons. The Labute approximate surface area is 80.8 Å². The summed E-state index contributed by atoms with van der Waals surface area (Å²) in [4.78, 5) is 9.43. The summed E-state index contributed by atoms with van der Waals surface area (Å²) in [5, 5.41) is 19.5. The number of hydrogen-bond acceptors (Lipinski definition) is 4. The quantitative estimate of drug-likeness (QED) is 0.352. The van der Waals surface area contributed by atoms with E-state index in [1.807, 2.05) is 0 Å². The van der Waals surface area contributed by atoms with Crippen LogP contribution in [0.5, 0.6) is 5.75 Å². The van der Waals surface area contributed by atoms with Crippen molar-refractivity contribution in [2.45, 2.75) is 0 Å². The van der Waals surface area contributed by atoms with Crippen LogP contribution in [0.25, 0.3) is 0 Å². The van der Waals surface area contributed by atoms with Gasteiger partial charge in [-0.1, -0.05) is 0 Å². The second-order valence-corrected chi connectivity index (χ2v) is 5.67. The standard InChI is InChI=1S/C6H6AsNO6/c9-5-3-1-2-4(8(13)14)6(5)7(10,11)12/h1-3,9H,(H2,10,11,12). The Kier molecular flexibility index (Phi) is 2.66. The Bertz CT molecular complexity index is 424. The van der Waals surface area contributed by atoms with Crippen LogP contribution in [0.1, 0.15) is 0 Å². The van der Waals surface area contributed by atoms with Gasteiger partial charge in [0.25, 0.3) is 0 Å². The van der Waals surface area contributed by atoms with Crippen LogP contribution in [0.4, 0.5) is 5.69 Å². The first-order chi connectivity index (χ1) is 6.34. The zero-order valence-corrected chi connectivity index (χ0v) is 8.57. The molecule has 7 nitrogen and oxygen atoms in total. The van der Waals surface area contributed by atoms with Gasteiger partial charge in [0, 0.05) is 0 Å². The maximum atomic E-state index is 10.9. The summed E-state index contributed by atoms with van der Waals surface area (Å²) < 4.78 is 27.6. The van der Waals surface area contributed by atoms with E-state index < -0.39 is 34.9 Å². The van der Waals surface area contributed by atoms with Crippen molar-refractivity contribution in [3.05, 3.63) is 28.3 Å². The molecule has 0 saturated carbocycles. The zero-order chi connectivity index (χ0) is 10.9. The second kappa shape index (κ2) is 3.45. The van der Waals surface area contributed by atoms with Gasteiger partial charge in [0.2, 0.25) is 0 Å². The van der Waals surface area contributed by atoms with Gasteiger partial charge in [0.05, 0.1) is 0 Å². The maximum absolute atomic E-state index is 10.9. The molecule has 0 bridgehead atoms. The monoisotopic (exact) mass is 263 g/mol. The van der Waals surface area contributed by atoms with Crippen LogP contribution in [0.3, 0.4) is 0 Å². The zero-order valence-electron chi connectivity index (χ0n) is 6.69. The molecule has 0 heterocycles. The molecular weight excluding hydrogens is 257 g/mol. The average Bonchev–Trinajstić information content (AvgIpc) is 2.01. The van der Waals surface area contributed by atoms with Crippen molar-refractivity contribution < 1.29 is 22.0 Å². The number of phenols is 1. The Balaban J connectivity index is 3.54. The van der Waals surface area contributed by atoms with Crippen molar-refractivity contribution in [3.8, 4) is 5.75 Å². The first kappa shape index (κ1) is 10.8. The molecule has 76 valence electrons. The topological polar surface area (TPSA) is 121 Å². The van der Waals surface area contributed by atoms with Crippen LogP contribution in [0.2, 0.25) is 0 Å². The van der Waals surface area contributed by atoms with Crippen molar-refractivity contribution in [1.29, 1.82) is 0 Å². The van der Waals surface area contributed by atoms with Gasteiger partial charge in [-0.15, -0.1) is 0 Å². The van der Waals surface area contributed by atoms with Crippen LogP contribution in [-0.2, 0) is 3.74 Å². The minimum atomic E-state index is -5.47. The second-order valence-electron chi connectivity index (χ2n) is 2.45. The van der Waals surface area contributed by atoms with E-state index in [0.717, 1.165) is 18.2 Å². The number of nitro groups is 1. The summed E-state index contributed by atoms with van der Waals surface area (Å²) in [6.07, 6.45) is 0. The molecule has 1 aromatic carbocycles. The number of aromatic hydroxyl groups is 1. The van der Waals surface area contributed by atoms with Gasteiger partial charge in [0.15, 0.2) is 0 Å². The first-order valence-electron chi connectivity index (χ1n) is 3.36. The number of nitrogens with zero attached hydrogens (tertiary/aromatic N) is 1. The predicted octanol–water partition coefficient (Wildman–Crippen LogP) is -1.14. The fraction of sp³-hybridized carbons (Fsp3) is 0. The first-order valence-corrected chi connectivity index (χ1v) is 6.75. The van der Waals surface area contributed by atoms with Gasteiger partial charge in [-0.2, -0.15) is 0 Å². The van der Waals surface area contributed by atoms with Crippen molar-refractivity contribution in [3.63, 3.8) is 0 Å².